The molecule has 3 heteroatoms. The maximum absolute atomic E-state index is 12.5. The van der Waals surface area contributed by atoms with Crippen LogP contribution in [0.5, 0.6) is 0 Å². The van der Waals surface area contributed by atoms with Crippen molar-refractivity contribution in [1.29, 1.82) is 0 Å². The van der Waals surface area contributed by atoms with E-state index in [1.807, 2.05) is 6.92 Å². The van der Waals surface area contributed by atoms with Crippen molar-refractivity contribution in [2.24, 2.45) is 0 Å². The van der Waals surface area contributed by atoms with Crippen molar-refractivity contribution in [2.45, 2.75) is 13.0 Å². The molecule has 0 saturated carbocycles. The van der Waals surface area contributed by atoms with Crippen molar-refractivity contribution >= 4 is 0 Å². The maximum atomic E-state index is 12.5. The molecule has 0 spiro atoms. The minimum Gasteiger partial charge on any atom is -0.306 e. The normalized spacial score (nSPS) is 12.5. The van der Waals surface area contributed by atoms with Gasteiger partial charge in [-0.15, -0.1) is 6.58 Å². The summed E-state index contributed by atoms with van der Waals surface area (Å²) in [4.78, 5) is 3.96. The SMILES string of the molecule is C=CC(NCC)c1ccc(F)cn1. The van der Waals surface area contributed by atoms with E-state index in [1.54, 1.807) is 12.1 Å². The highest BCUT2D eigenvalue weighted by molar-refractivity contribution is 5.14. The number of hydrogen-bond acceptors (Lipinski definition) is 2. The molecule has 1 aromatic rings. The van der Waals surface area contributed by atoms with Gasteiger partial charge in [-0.2, -0.15) is 0 Å². The number of hydrogen-bond donors (Lipinski definition) is 1. The largest absolute Gasteiger partial charge is 0.306 e. The van der Waals surface area contributed by atoms with Gasteiger partial charge in [0.15, 0.2) is 0 Å². The third kappa shape index (κ3) is 2.63. The summed E-state index contributed by atoms with van der Waals surface area (Å²) >= 11 is 0. The first-order valence-corrected chi connectivity index (χ1v) is 4.25. The van der Waals surface area contributed by atoms with E-state index >= 15 is 0 Å². The minimum absolute atomic E-state index is 0.00519. The van der Waals surface area contributed by atoms with Crippen LogP contribution < -0.4 is 5.32 Å². The summed E-state index contributed by atoms with van der Waals surface area (Å²) in [5.41, 5.74) is 0.790. The van der Waals surface area contributed by atoms with Gasteiger partial charge in [-0.25, -0.2) is 4.39 Å². The lowest BCUT2D eigenvalue weighted by Gasteiger charge is -2.11. The predicted octanol–water partition coefficient (Wildman–Crippen LogP) is 2.06. The molecule has 70 valence electrons. The Labute approximate surface area is 77.5 Å². The Morgan fingerprint density at radius 2 is 2.46 bits per heavy atom. The monoisotopic (exact) mass is 180 g/mol. The molecular formula is C10H13FN2. The summed E-state index contributed by atoms with van der Waals surface area (Å²) in [5, 5.41) is 3.17. The lowest BCUT2D eigenvalue weighted by molar-refractivity contribution is 0.602. The van der Waals surface area contributed by atoms with Gasteiger partial charge in [0.1, 0.15) is 5.82 Å². The fourth-order valence-corrected chi connectivity index (χ4v) is 1.10. The van der Waals surface area contributed by atoms with Crippen molar-refractivity contribution in [2.75, 3.05) is 6.54 Å². The Hall–Kier alpha value is -1.22. The molecule has 0 saturated heterocycles. The maximum Gasteiger partial charge on any atom is 0.141 e. The van der Waals surface area contributed by atoms with E-state index in [4.69, 9.17) is 0 Å². The van der Waals surface area contributed by atoms with Crippen LogP contribution in [0.3, 0.4) is 0 Å². The fraction of sp³-hybridized carbons (Fsp3) is 0.300. The number of nitrogens with one attached hydrogen (secondary N) is 1. The van der Waals surface area contributed by atoms with Crippen molar-refractivity contribution in [3.8, 4) is 0 Å². The van der Waals surface area contributed by atoms with E-state index in [0.717, 1.165) is 12.2 Å². The van der Waals surface area contributed by atoms with Crippen LogP contribution in [0.25, 0.3) is 0 Å². The zero-order chi connectivity index (χ0) is 9.68. The molecule has 0 bridgehead atoms. The molecule has 1 unspecified atom stereocenters. The number of aromatic nitrogens is 1. The summed E-state index contributed by atoms with van der Waals surface area (Å²) < 4.78 is 12.5. The summed E-state index contributed by atoms with van der Waals surface area (Å²) in [6, 6.07) is 3.06. The van der Waals surface area contributed by atoms with E-state index in [-0.39, 0.29) is 11.9 Å². The van der Waals surface area contributed by atoms with Crippen LogP contribution in [0, 0.1) is 5.82 Å². The topological polar surface area (TPSA) is 24.9 Å². The number of halogens is 1. The zero-order valence-corrected chi connectivity index (χ0v) is 7.63. The lowest BCUT2D eigenvalue weighted by atomic mass is 10.2. The molecule has 13 heavy (non-hydrogen) atoms. The van der Waals surface area contributed by atoms with Crippen LogP contribution in [-0.2, 0) is 0 Å². The van der Waals surface area contributed by atoms with Gasteiger partial charge in [0.2, 0.25) is 0 Å². The van der Waals surface area contributed by atoms with E-state index in [9.17, 15) is 4.39 Å². The minimum atomic E-state index is -0.317. The zero-order valence-electron chi connectivity index (χ0n) is 7.63. The van der Waals surface area contributed by atoms with Gasteiger partial charge < -0.3 is 5.32 Å². The van der Waals surface area contributed by atoms with Gasteiger partial charge >= 0.3 is 0 Å². The fourth-order valence-electron chi connectivity index (χ4n) is 1.10. The molecule has 0 radical (unpaired) electrons. The van der Waals surface area contributed by atoms with E-state index in [0.29, 0.717) is 0 Å². The van der Waals surface area contributed by atoms with Crippen LogP contribution in [-0.4, -0.2) is 11.5 Å². The first-order valence-electron chi connectivity index (χ1n) is 4.25. The smallest absolute Gasteiger partial charge is 0.141 e. The van der Waals surface area contributed by atoms with Crippen molar-refractivity contribution in [1.82, 2.24) is 10.3 Å². The lowest BCUT2D eigenvalue weighted by Crippen LogP contribution is -2.19. The number of rotatable bonds is 4. The second-order valence-electron chi connectivity index (χ2n) is 2.67. The average molecular weight is 180 g/mol. The summed E-state index contributed by atoms with van der Waals surface area (Å²) in [7, 11) is 0. The van der Waals surface area contributed by atoms with Gasteiger partial charge in [0.05, 0.1) is 17.9 Å². The third-order valence-electron chi connectivity index (χ3n) is 1.73. The summed E-state index contributed by atoms with van der Waals surface area (Å²) in [6.07, 6.45) is 2.97. The van der Waals surface area contributed by atoms with Crippen LogP contribution in [0.1, 0.15) is 18.7 Å². The molecule has 0 aliphatic rings. The Bertz CT molecular complexity index is 269. The Balaban J connectivity index is 2.79. The summed E-state index contributed by atoms with van der Waals surface area (Å²) in [6.45, 7) is 6.51. The van der Waals surface area contributed by atoms with Crippen molar-refractivity contribution in [3.05, 3.63) is 42.5 Å². The Morgan fingerprint density at radius 3 is 2.92 bits per heavy atom. The second-order valence-corrected chi connectivity index (χ2v) is 2.67. The molecule has 0 amide bonds. The van der Waals surface area contributed by atoms with Crippen LogP contribution in [0.4, 0.5) is 4.39 Å². The number of likely N-dealkylation sites (N-methyl/N-ethyl adjacent to an activating group) is 1. The molecule has 1 N–H and O–H groups in total. The van der Waals surface area contributed by atoms with Crippen LogP contribution in [0.2, 0.25) is 0 Å². The molecule has 0 aliphatic heterocycles. The Morgan fingerprint density at radius 1 is 1.69 bits per heavy atom. The van der Waals surface area contributed by atoms with Gasteiger partial charge in [0, 0.05) is 0 Å². The van der Waals surface area contributed by atoms with Crippen LogP contribution in [0.15, 0.2) is 31.0 Å². The molecule has 1 atom stereocenters. The highest BCUT2D eigenvalue weighted by atomic mass is 19.1. The van der Waals surface area contributed by atoms with Crippen molar-refractivity contribution < 1.29 is 4.39 Å². The highest BCUT2D eigenvalue weighted by Crippen LogP contribution is 2.10. The Kier molecular flexibility index (Phi) is 3.58. The second kappa shape index (κ2) is 4.72. The molecule has 0 fully saturated rings. The average Bonchev–Trinajstić information content (AvgIpc) is 2.16. The first kappa shape index (κ1) is 9.86. The molecule has 0 aromatic carbocycles. The van der Waals surface area contributed by atoms with Crippen LogP contribution >= 0.6 is 0 Å². The highest BCUT2D eigenvalue weighted by Gasteiger charge is 2.06. The standard InChI is InChI=1S/C10H13FN2/c1-3-9(12-4-2)10-6-5-8(11)7-13-10/h3,5-7,9,12H,1,4H2,2H3. The van der Waals surface area contributed by atoms with Gasteiger partial charge in [-0.3, -0.25) is 4.98 Å². The van der Waals surface area contributed by atoms with Gasteiger partial charge in [-0.1, -0.05) is 13.0 Å². The van der Waals surface area contributed by atoms with Gasteiger partial charge in [-0.05, 0) is 18.7 Å². The van der Waals surface area contributed by atoms with E-state index in [1.165, 1.54) is 12.3 Å². The molecule has 1 rings (SSSR count). The molecular weight excluding hydrogens is 167 g/mol. The quantitative estimate of drug-likeness (QED) is 0.717. The van der Waals surface area contributed by atoms with Crippen molar-refractivity contribution in [3.63, 3.8) is 0 Å². The number of nitrogens with zero attached hydrogens (tertiary/aromatic N) is 1. The third-order valence-corrected chi connectivity index (χ3v) is 1.73. The molecule has 0 aliphatic carbocycles. The predicted molar refractivity (Wildman–Crippen MR) is 50.8 cm³/mol. The molecule has 1 aromatic heterocycles. The molecule has 1 heterocycles. The summed E-state index contributed by atoms with van der Waals surface area (Å²) in [5.74, 6) is -0.317. The van der Waals surface area contributed by atoms with E-state index < -0.39 is 0 Å². The van der Waals surface area contributed by atoms with Gasteiger partial charge in [0.25, 0.3) is 0 Å². The van der Waals surface area contributed by atoms with E-state index in [2.05, 4.69) is 16.9 Å². The first-order chi connectivity index (χ1) is 6.27. The number of pyridine rings is 1. The molecule has 2 nitrogen and oxygen atoms in total.